The van der Waals surface area contributed by atoms with Gasteiger partial charge in [0.15, 0.2) is 0 Å². The van der Waals surface area contributed by atoms with Crippen LogP contribution in [-0.4, -0.2) is 24.0 Å². The van der Waals surface area contributed by atoms with Gasteiger partial charge in [0, 0.05) is 5.69 Å². The molecule has 1 amide bonds. The van der Waals surface area contributed by atoms with Gasteiger partial charge in [-0.3, -0.25) is 4.79 Å². The van der Waals surface area contributed by atoms with Crippen LogP contribution < -0.4 is 11.1 Å². The lowest BCUT2D eigenvalue weighted by Gasteiger charge is -2.11. The Labute approximate surface area is 109 Å². The van der Waals surface area contributed by atoms with Gasteiger partial charge in [0.25, 0.3) is 0 Å². The van der Waals surface area contributed by atoms with Crippen molar-refractivity contribution >= 4 is 35.0 Å². The van der Waals surface area contributed by atoms with Gasteiger partial charge in [-0.2, -0.15) is 11.8 Å². The molecule has 3 N–H and O–H groups in total. The van der Waals surface area contributed by atoms with Crippen LogP contribution in [0.3, 0.4) is 0 Å². The first-order valence-corrected chi connectivity index (χ1v) is 6.82. The van der Waals surface area contributed by atoms with Gasteiger partial charge in [-0.25, -0.2) is 4.39 Å². The number of anilines is 1. The molecule has 1 atom stereocenters. The topological polar surface area (TPSA) is 55.1 Å². The molecule has 0 aliphatic rings. The smallest absolute Gasteiger partial charge is 0.241 e. The number of amides is 1. The van der Waals surface area contributed by atoms with Crippen molar-refractivity contribution in [1.29, 1.82) is 0 Å². The van der Waals surface area contributed by atoms with Gasteiger partial charge in [-0.05, 0) is 36.6 Å². The van der Waals surface area contributed by atoms with Crippen molar-refractivity contribution in [3.8, 4) is 0 Å². The zero-order valence-electron chi connectivity index (χ0n) is 9.37. The van der Waals surface area contributed by atoms with E-state index in [1.165, 1.54) is 18.2 Å². The maximum absolute atomic E-state index is 12.9. The zero-order chi connectivity index (χ0) is 12.8. The molecule has 3 nitrogen and oxygen atoms in total. The second-order valence-corrected chi connectivity index (χ2v) is 4.90. The van der Waals surface area contributed by atoms with Gasteiger partial charge >= 0.3 is 0 Å². The van der Waals surface area contributed by atoms with Crippen molar-refractivity contribution < 1.29 is 9.18 Å². The average Bonchev–Trinajstić information content (AvgIpc) is 2.30. The second-order valence-electron chi connectivity index (χ2n) is 3.51. The third-order valence-electron chi connectivity index (χ3n) is 2.16. The summed E-state index contributed by atoms with van der Waals surface area (Å²) in [5.74, 6) is 0.0109. The summed E-state index contributed by atoms with van der Waals surface area (Å²) in [5.41, 5.74) is 6.13. The van der Waals surface area contributed by atoms with E-state index in [9.17, 15) is 9.18 Å². The summed E-state index contributed by atoms with van der Waals surface area (Å²) in [6, 6.07) is 3.44. The Bertz CT molecular complexity index is 403. The van der Waals surface area contributed by atoms with Crippen molar-refractivity contribution in [3.05, 3.63) is 29.0 Å². The quantitative estimate of drug-likeness (QED) is 0.869. The van der Waals surface area contributed by atoms with E-state index in [1.54, 1.807) is 11.8 Å². The summed E-state index contributed by atoms with van der Waals surface area (Å²) in [6.07, 6.45) is 2.55. The van der Waals surface area contributed by atoms with E-state index in [4.69, 9.17) is 17.3 Å². The highest BCUT2D eigenvalue weighted by Gasteiger charge is 2.13. The number of benzene rings is 1. The first kappa shape index (κ1) is 14.3. The van der Waals surface area contributed by atoms with Gasteiger partial charge in [-0.1, -0.05) is 11.6 Å². The first-order valence-electron chi connectivity index (χ1n) is 5.05. The number of carbonyl (C=O) groups is 1. The van der Waals surface area contributed by atoms with Crippen LogP contribution in [0.2, 0.25) is 5.02 Å². The fraction of sp³-hybridized carbons (Fsp3) is 0.364. The maximum atomic E-state index is 12.9. The molecule has 0 spiro atoms. The van der Waals surface area contributed by atoms with Gasteiger partial charge in [0.2, 0.25) is 5.91 Å². The summed E-state index contributed by atoms with van der Waals surface area (Å²) < 4.78 is 12.9. The number of nitrogens with two attached hydrogens (primary N) is 1. The van der Waals surface area contributed by atoms with E-state index < -0.39 is 11.9 Å². The number of carbonyl (C=O) groups excluding carboxylic acids is 1. The van der Waals surface area contributed by atoms with Crippen LogP contribution >= 0.6 is 23.4 Å². The lowest BCUT2D eigenvalue weighted by Crippen LogP contribution is -2.36. The number of hydrogen-bond acceptors (Lipinski definition) is 3. The van der Waals surface area contributed by atoms with Crippen molar-refractivity contribution in [2.75, 3.05) is 17.3 Å². The fourth-order valence-corrected chi connectivity index (χ4v) is 1.85. The Morgan fingerprint density at radius 1 is 1.65 bits per heavy atom. The summed E-state index contributed by atoms with van der Waals surface area (Å²) in [6.45, 7) is 0. The van der Waals surface area contributed by atoms with E-state index >= 15 is 0 Å². The zero-order valence-corrected chi connectivity index (χ0v) is 10.9. The van der Waals surface area contributed by atoms with Crippen molar-refractivity contribution in [1.82, 2.24) is 0 Å². The predicted octanol–water partition coefficient (Wildman–Crippen LogP) is 2.50. The first-order chi connectivity index (χ1) is 8.04. The van der Waals surface area contributed by atoms with Crippen molar-refractivity contribution in [2.45, 2.75) is 12.5 Å². The van der Waals surface area contributed by atoms with Gasteiger partial charge in [-0.15, -0.1) is 0 Å². The minimum Gasteiger partial charge on any atom is -0.325 e. The van der Waals surface area contributed by atoms with E-state index in [-0.39, 0.29) is 10.9 Å². The summed E-state index contributed by atoms with van der Waals surface area (Å²) in [5, 5.41) is 2.57. The van der Waals surface area contributed by atoms with Gasteiger partial charge in [0.1, 0.15) is 5.82 Å². The SMILES string of the molecule is CSCC[C@H](N)C(=O)Nc1ccc(F)c(Cl)c1. The molecule has 0 unspecified atom stereocenters. The molecular weight excluding hydrogens is 263 g/mol. The number of rotatable bonds is 5. The summed E-state index contributed by atoms with van der Waals surface area (Å²) in [7, 11) is 0. The number of thioether (sulfide) groups is 1. The number of hydrogen-bond donors (Lipinski definition) is 2. The molecule has 1 aromatic rings. The Morgan fingerprint density at radius 3 is 2.94 bits per heavy atom. The molecule has 0 heterocycles. The molecule has 94 valence electrons. The molecule has 0 radical (unpaired) electrons. The molecule has 6 heteroatoms. The Morgan fingerprint density at radius 2 is 2.35 bits per heavy atom. The number of halogens is 2. The standard InChI is InChI=1S/C11H14ClFN2OS/c1-17-5-4-10(14)11(16)15-7-2-3-9(13)8(12)6-7/h2-3,6,10H,4-5,14H2,1H3,(H,15,16)/t10-/m0/s1. The van der Waals surface area contributed by atoms with Crippen LogP contribution in [-0.2, 0) is 4.79 Å². The van der Waals surface area contributed by atoms with Crippen LogP contribution in [0.15, 0.2) is 18.2 Å². The van der Waals surface area contributed by atoms with Gasteiger partial charge < -0.3 is 11.1 Å². The molecule has 0 aromatic heterocycles. The average molecular weight is 277 g/mol. The molecule has 0 saturated carbocycles. The summed E-state index contributed by atoms with van der Waals surface area (Å²) in [4.78, 5) is 11.6. The highest BCUT2D eigenvalue weighted by Crippen LogP contribution is 2.19. The highest BCUT2D eigenvalue weighted by molar-refractivity contribution is 7.98. The van der Waals surface area contributed by atoms with E-state index in [0.717, 1.165) is 5.75 Å². The Hall–Kier alpha value is -0.780. The fourth-order valence-electron chi connectivity index (χ4n) is 1.18. The minimum absolute atomic E-state index is 0.0273. The lowest BCUT2D eigenvalue weighted by molar-refractivity contribution is -0.117. The maximum Gasteiger partial charge on any atom is 0.241 e. The molecule has 0 fully saturated rings. The van der Waals surface area contributed by atoms with Crippen molar-refractivity contribution in [2.24, 2.45) is 5.73 Å². The van der Waals surface area contributed by atoms with E-state index in [2.05, 4.69) is 5.32 Å². The Balaban J connectivity index is 2.58. The molecule has 0 saturated heterocycles. The molecule has 0 aliphatic heterocycles. The van der Waals surface area contributed by atoms with Crippen LogP contribution in [0.4, 0.5) is 10.1 Å². The van der Waals surface area contributed by atoms with E-state index in [1.807, 2.05) is 6.26 Å². The largest absolute Gasteiger partial charge is 0.325 e. The van der Waals surface area contributed by atoms with Crippen LogP contribution in [0.5, 0.6) is 0 Å². The number of nitrogens with one attached hydrogen (secondary N) is 1. The van der Waals surface area contributed by atoms with Crippen LogP contribution in [0.25, 0.3) is 0 Å². The monoisotopic (exact) mass is 276 g/mol. The van der Waals surface area contributed by atoms with Crippen LogP contribution in [0.1, 0.15) is 6.42 Å². The normalized spacial score (nSPS) is 12.2. The molecule has 1 aromatic carbocycles. The third kappa shape index (κ3) is 4.53. The predicted molar refractivity (Wildman–Crippen MR) is 71.0 cm³/mol. The molecule has 1 rings (SSSR count). The molecule has 0 bridgehead atoms. The molecular formula is C11H14ClFN2OS. The Kier molecular flexibility index (Phi) is 5.74. The highest BCUT2D eigenvalue weighted by atomic mass is 35.5. The lowest BCUT2D eigenvalue weighted by atomic mass is 10.2. The summed E-state index contributed by atoms with van der Waals surface area (Å²) >= 11 is 7.23. The molecule has 0 aliphatic carbocycles. The van der Waals surface area contributed by atoms with Crippen LogP contribution in [0, 0.1) is 5.82 Å². The molecule has 17 heavy (non-hydrogen) atoms. The van der Waals surface area contributed by atoms with Crippen molar-refractivity contribution in [3.63, 3.8) is 0 Å². The van der Waals surface area contributed by atoms with E-state index in [0.29, 0.717) is 12.1 Å². The van der Waals surface area contributed by atoms with Gasteiger partial charge in [0.05, 0.1) is 11.1 Å². The minimum atomic E-state index is -0.564. The second kappa shape index (κ2) is 6.83. The third-order valence-corrected chi connectivity index (χ3v) is 3.09.